The van der Waals surface area contributed by atoms with E-state index >= 15 is 0 Å². The lowest BCUT2D eigenvalue weighted by molar-refractivity contribution is -0.147. The number of hydrogen-bond donors (Lipinski definition) is 0. The Kier molecular flexibility index (Phi) is 4.88. The molecule has 1 aliphatic rings. The Balaban J connectivity index is 1.71. The molecule has 0 amide bonds. The third kappa shape index (κ3) is 4.62. The highest BCUT2D eigenvalue weighted by Crippen LogP contribution is 2.24. The zero-order valence-electron chi connectivity index (χ0n) is 11.3. The van der Waals surface area contributed by atoms with E-state index in [0.29, 0.717) is 19.6 Å². The third-order valence-electron chi connectivity index (χ3n) is 3.21. The molecular formula is C16H20O3. The zero-order valence-corrected chi connectivity index (χ0v) is 11.3. The summed E-state index contributed by atoms with van der Waals surface area (Å²) in [6.07, 6.45) is 5.58. The summed E-state index contributed by atoms with van der Waals surface area (Å²) in [4.78, 5) is 11.7. The Bertz CT molecular complexity index is 431. The summed E-state index contributed by atoms with van der Waals surface area (Å²) in [5.74, 6) is -0.339. The third-order valence-corrected chi connectivity index (χ3v) is 3.21. The molecule has 1 fully saturated rings. The average molecular weight is 260 g/mol. The number of allylic oxidation sites excluding steroid dienone is 1. The van der Waals surface area contributed by atoms with Gasteiger partial charge in [-0.15, -0.1) is 0 Å². The van der Waals surface area contributed by atoms with Gasteiger partial charge in [0.05, 0.1) is 13.2 Å². The predicted molar refractivity (Wildman–Crippen MR) is 74.6 cm³/mol. The topological polar surface area (TPSA) is 35.5 Å². The number of ether oxygens (including phenoxy) is 2. The van der Waals surface area contributed by atoms with Gasteiger partial charge in [-0.05, 0) is 25.0 Å². The van der Waals surface area contributed by atoms with Crippen molar-refractivity contribution in [2.75, 3.05) is 13.2 Å². The number of carbonyl (C=O) groups is 1. The van der Waals surface area contributed by atoms with Crippen LogP contribution in [0.1, 0.15) is 31.7 Å². The van der Waals surface area contributed by atoms with Crippen LogP contribution in [0.5, 0.6) is 0 Å². The highest BCUT2D eigenvalue weighted by Gasteiger charge is 2.30. The fourth-order valence-corrected chi connectivity index (χ4v) is 2.12. The molecule has 3 nitrogen and oxygen atoms in total. The van der Waals surface area contributed by atoms with Gasteiger partial charge in [-0.2, -0.15) is 0 Å². The molecule has 1 aromatic carbocycles. The maximum absolute atomic E-state index is 11.7. The van der Waals surface area contributed by atoms with Crippen LogP contribution in [-0.4, -0.2) is 24.8 Å². The van der Waals surface area contributed by atoms with Crippen molar-refractivity contribution >= 4 is 11.9 Å². The Morgan fingerprint density at radius 3 is 2.63 bits per heavy atom. The van der Waals surface area contributed by atoms with E-state index in [4.69, 9.17) is 9.47 Å². The molecule has 0 atom stereocenters. The van der Waals surface area contributed by atoms with Gasteiger partial charge in [0.1, 0.15) is 0 Å². The van der Waals surface area contributed by atoms with Crippen molar-refractivity contribution in [1.29, 1.82) is 0 Å². The molecule has 1 heterocycles. The smallest absolute Gasteiger partial charge is 0.165 e. The molecule has 102 valence electrons. The van der Waals surface area contributed by atoms with Gasteiger partial charge < -0.3 is 9.47 Å². The molecule has 1 aliphatic heterocycles. The molecule has 3 heteroatoms. The van der Waals surface area contributed by atoms with Crippen molar-refractivity contribution in [3.05, 3.63) is 42.0 Å². The second kappa shape index (κ2) is 6.64. The fourth-order valence-electron chi connectivity index (χ4n) is 2.12. The van der Waals surface area contributed by atoms with Crippen LogP contribution in [0.4, 0.5) is 0 Å². The minimum atomic E-state index is -0.483. The molecule has 0 bridgehead atoms. The quantitative estimate of drug-likeness (QED) is 0.737. The second-order valence-electron chi connectivity index (χ2n) is 4.89. The first kappa shape index (κ1) is 14.0. The van der Waals surface area contributed by atoms with Crippen molar-refractivity contribution in [2.24, 2.45) is 0 Å². The van der Waals surface area contributed by atoms with Gasteiger partial charge in [0.25, 0.3) is 0 Å². The predicted octanol–water partition coefficient (Wildman–Crippen LogP) is 3.20. The molecule has 1 aromatic rings. The summed E-state index contributed by atoms with van der Waals surface area (Å²) < 4.78 is 11.0. The van der Waals surface area contributed by atoms with Crippen molar-refractivity contribution in [3.8, 4) is 0 Å². The molecular weight excluding hydrogens is 240 g/mol. The first-order valence-electron chi connectivity index (χ1n) is 6.72. The lowest BCUT2D eigenvalue weighted by atomic mass is 10.1. The summed E-state index contributed by atoms with van der Waals surface area (Å²) >= 11 is 0. The minimum Gasteiger partial charge on any atom is -0.348 e. The zero-order chi connectivity index (χ0) is 13.6. The maximum atomic E-state index is 11.7. The first-order chi connectivity index (χ1) is 9.18. The van der Waals surface area contributed by atoms with Gasteiger partial charge in [0, 0.05) is 12.8 Å². The Morgan fingerprint density at radius 2 is 1.95 bits per heavy atom. The van der Waals surface area contributed by atoms with Gasteiger partial charge in [-0.25, -0.2) is 0 Å². The van der Waals surface area contributed by atoms with E-state index in [1.165, 1.54) is 0 Å². The Hall–Kier alpha value is -1.45. The van der Waals surface area contributed by atoms with E-state index in [0.717, 1.165) is 18.4 Å². The molecule has 0 spiro atoms. The summed E-state index contributed by atoms with van der Waals surface area (Å²) in [7, 11) is 0. The monoisotopic (exact) mass is 260 g/mol. The summed E-state index contributed by atoms with van der Waals surface area (Å²) in [5.41, 5.74) is 1.05. The van der Waals surface area contributed by atoms with E-state index in [-0.39, 0.29) is 5.78 Å². The SMILES string of the molecule is CC1(CCCC(=O)/C=C/c2ccccc2)OCCO1. The standard InChI is InChI=1S/C16H20O3/c1-16(18-12-13-19-16)11-5-8-15(17)10-9-14-6-3-2-4-7-14/h2-4,6-7,9-10H,5,8,11-13H2,1H3/b10-9+. The van der Waals surface area contributed by atoms with Gasteiger partial charge in [-0.1, -0.05) is 36.4 Å². The van der Waals surface area contributed by atoms with Crippen LogP contribution in [-0.2, 0) is 14.3 Å². The van der Waals surface area contributed by atoms with Crippen LogP contribution in [0.3, 0.4) is 0 Å². The highest BCUT2D eigenvalue weighted by molar-refractivity contribution is 5.93. The van der Waals surface area contributed by atoms with Crippen molar-refractivity contribution in [1.82, 2.24) is 0 Å². The molecule has 0 unspecified atom stereocenters. The van der Waals surface area contributed by atoms with Crippen LogP contribution < -0.4 is 0 Å². The Labute approximate surface area is 114 Å². The van der Waals surface area contributed by atoms with E-state index in [9.17, 15) is 4.79 Å². The van der Waals surface area contributed by atoms with E-state index in [1.54, 1.807) is 6.08 Å². The normalized spacial score (nSPS) is 17.9. The van der Waals surface area contributed by atoms with E-state index < -0.39 is 5.79 Å². The first-order valence-corrected chi connectivity index (χ1v) is 6.72. The van der Waals surface area contributed by atoms with E-state index in [1.807, 2.05) is 43.3 Å². The van der Waals surface area contributed by atoms with Crippen LogP contribution in [0.2, 0.25) is 0 Å². The lowest BCUT2D eigenvalue weighted by Crippen LogP contribution is -2.25. The van der Waals surface area contributed by atoms with Crippen LogP contribution in [0, 0.1) is 0 Å². The molecule has 1 saturated heterocycles. The summed E-state index contributed by atoms with van der Waals surface area (Å²) in [6.45, 7) is 3.24. The Morgan fingerprint density at radius 1 is 1.26 bits per heavy atom. The molecule has 0 N–H and O–H groups in total. The number of hydrogen-bond acceptors (Lipinski definition) is 3. The number of benzene rings is 1. The van der Waals surface area contributed by atoms with Crippen LogP contribution >= 0.6 is 0 Å². The van der Waals surface area contributed by atoms with Crippen LogP contribution in [0.25, 0.3) is 6.08 Å². The average Bonchev–Trinajstić information content (AvgIpc) is 2.85. The van der Waals surface area contributed by atoms with Gasteiger partial charge in [0.15, 0.2) is 11.6 Å². The molecule has 2 rings (SSSR count). The molecule has 0 radical (unpaired) electrons. The van der Waals surface area contributed by atoms with Gasteiger partial charge in [0.2, 0.25) is 0 Å². The molecule has 19 heavy (non-hydrogen) atoms. The van der Waals surface area contributed by atoms with Gasteiger partial charge in [-0.3, -0.25) is 4.79 Å². The second-order valence-corrected chi connectivity index (χ2v) is 4.89. The number of rotatable bonds is 6. The number of ketones is 1. The lowest BCUT2D eigenvalue weighted by Gasteiger charge is -2.21. The van der Waals surface area contributed by atoms with Crippen LogP contribution in [0.15, 0.2) is 36.4 Å². The maximum Gasteiger partial charge on any atom is 0.165 e. The van der Waals surface area contributed by atoms with Crippen molar-refractivity contribution in [2.45, 2.75) is 32.0 Å². The molecule has 0 aromatic heterocycles. The molecule has 0 saturated carbocycles. The molecule has 0 aliphatic carbocycles. The van der Waals surface area contributed by atoms with Gasteiger partial charge >= 0.3 is 0 Å². The summed E-state index contributed by atoms with van der Waals surface area (Å²) in [5, 5.41) is 0. The number of carbonyl (C=O) groups excluding carboxylic acids is 1. The van der Waals surface area contributed by atoms with Crippen molar-refractivity contribution in [3.63, 3.8) is 0 Å². The fraction of sp³-hybridized carbons (Fsp3) is 0.438. The van der Waals surface area contributed by atoms with Crippen molar-refractivity contribution < 1.29 is 14.3 Å². The summed E-state index contributed by atoms with van der Waals surface area (Å²) in [6, 6.07) is 9.83. The highest BCUT2D eigenvalue weighted by atomic mass is 16.7. The minimum absolute atomic E-state index is 0.144. The largest absolute Gasteiger partial charge is 0.348 e. The van der Waals surface area contributed by atoms with E-state index in [2.05, 4.69) is 0 Å².